The van der Waals surface area contributed by atoms with Gasteiger partial charge >= 0.3 is 0 Å². The normalized spacial score (nSPS) is 17.5. The summed E-state index contributed by atoms with van der Waals surface area (Å²) >= 11 is 0. The van der Waals surface area contributed by atoms with Crippen molar-refractivity contribution >= 4 is 5.91 Å². The maximum Gasteiger partial charge on any atom is 0.234 e. The third-order valence-corrected chi connectivity index (χ3v) is 3.30. The fourth-order valence-electron chi connectivity index (χ4n) is 2.16. The number of nitrogens with zero attached hydrogens (tertiary/aromatic N) is 1. The number of aliphatic hydroxyl groups excluding tert-OH is 1. The van der Waals surface area contributed by atoms with Crippen molar-refractivity contribution in [3.05, 3.63) is 35.4 Å². The number of benzene rings is 1. The van der Waals surface area contributed by atoms with E-state index in [0.717, 1.165) is 12.1 Å². The van der Waals surface area contributed by atoms with E-state index in [1.165, 1.54) is 6.07 Å². The van der Waals surface area contributed by atoms with Gasteiger partial charge in [-0.05, 0) is 12.1 Å². The van der Waals surface area contributed by atoms with Crippen LogP contribution in [0, 0.1) is 11.6 Å². The van der Waals surface area contributed by atoms with Gasteiger partial charge in [0.1, 0.15) is 17.7 Å². The number of ether oxygens (including phenoxy) is 1. The molecule has 7 heteroatoms. The molecule has 1 fully saturated rings. The maximum atomic E-state index is 13.5. The molecule has 0 bridgehead atoms. The average molecular weight is 300 g/mol. The van der Waals surface area contributed by atoms with Crippen LogP contribution in [0.3, 0.4) is 0 Å². The van der Waals surface area contributed by atoms with Crippen molar-refractivity contribution in [2.75, 3.05) is 39.4 Å². The predicted octanol–water partition coefficient (Wildman–Crippen LogP) is 0.447. The van der Waals surface area contributed by atoms with Crippen LogP contribution in [0.1, 0.15) is 11.7 Å². The molecule has 1 unspecified atom stereocenters. The molecule has 0 spiro atoms. The van der Waals surface area contributed by atoms with E-state index in [-0.39, 0.29) is 19.0 Å². The summed E-state index contributed by atoms with van der Waals surface area (Å²) in [6.07, 6.45) is -1.42. The molecule has 1 amide bonds. The van der Waals surface area contributed by atoms with Crippen molar-refractivity contribution in [3.63, 3.8) is 0 Å². The number of amides is 1. The van der Waals surface area contributed by atoms with Crippen LogP contribution in [-0.4, -0.2) is 55.3 Å². The molecule has 21 heavy (non-hydrogen) atoms. The minimum atomic E-state index is -1.42. The minimum Gasteiger partial charge on any atom is -0.386 e. The van der Waals surface area contributed by atoms with Crippen molar-refractivity contribution in [3.8, 4) is 0 Å². The van der Waals surface area contributed by atoms with E-state index in [2.05, 4.69) is 5.32 Å². The summed E-state index contributed by atoms with van der Waals surface area (Å²) in [7, 11) is 0. The van der Waals surface area contributed by atoms with E-state index in [1.54, 1.807) is 0 Å². The topological polar surface area (TPSA) is 61.8 Å². The molecule has 1 saturated heterocycles. The van der Waals surface area contributed by atoms with Crippen molar-refractivity contribution < 1.29 is 23.4 Å². The Morgan fingerprint density at radius 3 is 2.57 bits per heavy atom. The van der Waals surface area contributed by atoms with Gasteiger partial charge in [-0.2, -0.15) is 0 Å². The van der Waals surface area contributed by atoms with Gasteiger partial charge in [0.15, 0.2) is 0 Å². The number of carbonyl (C=O) groups excluding carboxylic acids is 1. The first kappa shape index (κ1) is 15.8. The van der Waals surface area contributed by atoms with Gasteiger partial charge in [-0.15, -0.1) is 0 Å². The molecule has 5 nitrogen and oxygen atoms in total. The number of hydrogen-bond acceptors (Lipinski definition) is 4. The number of nitrogens with one attached hydrogen (secondary N) is 1. The molecule has 1 aliphatic heterocycles. The number of hydrogen-bond donors (Lipinski definition) is 2. The van der Waals surface area contributed by atoms with Crippen LogP contribution in [0.2, 0.25) is 0 Å². The van der Waals surface area contributed by atoms with Crippen LogP contribution in [-0.2, 0) is 9.53 Å². The Morgan fingerprint density at radius 1 is 1.33 bits per heavy atom. The zero-order valence-corrected chi connectivity index (χ0v) is 11.5. The van der Waals surface area contributed by atoms with Crippen LogP contribution >= 0.6 is 0 Å². The molecule has 0 radical (unpaired) electrons. The van der Waals surface area contributed by atoms with E-state index < -0.39 is 23.3 Å². The standard InChI is InChI=1S/C14H18F2N2O3/c15-10-2-1-3-11(16)14(10)12(19)8-17-13(20)9-18-4-6-21-7-5-18/h1-3,12,19H,4-9H2,(H,17,20). The number of carbonyl (C=O) groups is 1. The SMILES string of the molecule is O=C(CN1CCOCC1)NCC(O)c1c(F)cccc1F. The molecular weight excluding hydrogens is 282 g/mol. The fourth-order valence-corrected chi connectivity index (χ4v) is 2.16. The molecule has 0 saturated carbocycles. The van der Waals surface area contributed by atoms with Crippen LogP contribution in [0.4, 0.5) is 8.78 Å². The summed E-state index contributed by atoms with van der Waals surface area (Å²) < 4.78 is 32.1. The maximum absolute atomic E-state index is 13.5. The third-order valence-electron chi connectivity index (χ3n) is 3.30. The minimum absolute atomic E-state index is 0.176. The van der Waals surface area contributed by atoms with E-state index in [9.17, 15) is 18.7 Å². The van der Waals surface area contributed by atoms with Crippen LogP contribution in [0.25, 0.3) is 0 Å². The highest BCUT2D eigenvalue weighted by Crippen LogP contribution is 2.19. The zero-order chi connectivity index (χ0) is 15.2. The Morgan fingerprint density at radius 2 is 1.95 bits per heavy atom. The molecule has 2 N–H and O–H groups in total. The highest BCUT2D eigenvalue weighted by atomic mass is 19.1. The molecule has 1 atom stereocenters. The number of halogens is 2. The Balaban J connectivity index is 1.83. The van der Waals surface area contributed by atoms with Gasteiger partial charge in [-0.1, -0.05) is 6.07 Å². The summed E-state index contributed by atoms with van der Waals surface area (Å²) in [4.78, 5) is 13.6. The van der Waals surface area contributed by atoms with Gasteiger partial charge in [-0.25, -0.2) is 8.78 Å². The number of rotatable bonds is 5. The van der Waals surface area contributed by atoms with Crippen molar-refractivity contribution in [1.82, 2.24) is 10.2 Å². The van der Waals surface area contributed by atoms with Gasteiger partial charge in [0, 0.05) is 19.6 Å². The van der Waals surface area contributed by atoms with Crippen LogP contribution in [0.15, 0.2) is 18.2 Å². The molecule has 2 rings (SSSR count). The van der Waals surface area contributed by atoms with Gasteiger partial charge in [0.25, 0.3) is 0 Å². The van der Waals surface area contributed by atoms with E-state index in [4.69, 9.17) is 4.74 Å². The van der Waals surface area contributed by atoms with Crippen LogP contribution in [0.5, 0.6) is 0 Å². The molecular formula is C14H18F2N2O3. The van der Waals surface area contributed by atoms with E-state index >= 15 is 0 Å². The lowest BCUT2D eigenvalue weighted by molar-refractivity contribution is -0.123. The van der Waals surface area contributed by atoms with Gasteiger partial charge in [0.2, 0.25) is 5.91 Å². The first-order chi connectivity index (χ1) is 10.1. The highest BCUT2D eigenvalue weighted by molar-refractivity contribution is 5.78. The summed E-state index contributed by atoms with van der Waals surface area (Å²) in [5, 5.41) is 12.3. The largest absolute Gasteiger partial charge is 0.386 e. The summed E-state index contributed by atoms with van der Waals surface area (Å²) in [6, 6.07) is 3.35. The molecule has 1 aromatic rings. The van der Waals surface area contributed by atoms with Gasteiger partial charge in [0.05, 0.1) is 25.3 Å². The molecule has 1 aliphatic rings. The molecule has 1 heterocycles. The molecule has 116 valence electrons. The van der Waals surface area contributed by atoms with Gasteiger partial charge in [-0.3, -0.25) is 9.69 Å². The fraction of sp³-hybridized carbons (Fsp3) is 0.500. The average Bonchev–Trinajstić information content (AvgIpc) is 2.46. The smallest absolute Gasteiger partial charge is 0.234 e. The zero-order valence-electron chi connectivity index (χ0n) is 11.5. The van der Waals surface area contributed by atoms with E-state index in [0.29, 0.717) is 26.3 Å². The molecule has 0 aromatic heterocycles. The second-order valence-corrected chi connectivity index (χ2v) is 4.84. The first-order valence-corrected chi connectivity index (χ1v) is 6.76. The van der Waals surface area contributed by atoms with Crippen molar-refractivity contribution in [1.29, 1.82) is 0 Å². The number of morpholine rings is 1. The monoisotopic (exact) mass is 300 g/mol. The van der Waals surface area contributed by atoms with Gasteiger partial charge < -0.3 is 15.2 Å². The highest BCUT2D eigenvalue weighted by Gasteiger charge is 2.19. The Bertz CT molecular complexity index is 473. The predicted molar refractivity (Wildman–Crippen MR) is 71.6 cm³/mol. The Hall–Kier alpha value is -1.57. The lowest BCUT2D eigenvalue weighted by atomic mass is 10.1. The Labute approximate surface area is 121 Å². The first-order valence-electron chi connectivity index (χ1n) is 6.76. The van der Waals surface area contributed by atoms with Crippen LogP contribution < -0.4 is 5.32 Å². The quantitative estimate of drug-likeness (QED) is 0.829. The van der Waals surface area contributed by atoms with E-state index in [1.807, 2.05) is 4.90 Å². The summed E-state index contributed by atoms with van der Waals surface area (Å²) in [6.45, 7) is 2.43. The van der Waals surface area contributed by atoms with Crippen molar-refractivity contribution in [2.24, 2.45) is 0 Å². The second kappa shape index (κ2) is 7.44. The molecule has 0 aliphatic carbocycles. The lowest BCUT2D eigenvalue weighted by Crippen LogP contribution is -2.44. The molecule has 1 aromatic carbocycles. The lowest BCUT2D eigenvalue weighted by Gasteiger charge is -2.26. The number of aliphatic hydroxyl groups is 1. The second-order valence-electron chi connectivity index (χ2n) is 4.84. The summed E-state index contributed by atoms with van der Waals surface area (Å²) in [5.74, 6) is -1.96. The third kappa shape index (κ3) is 4.45. The Kier molecular flexibility index (Phi) is 5.60. The van der Waals surface area contributed by atoms with Crippen molar-refractivity contribution in [2.45, 2.75) is 6.10 Å². The summed E-state index contributed by atoms with van der Waals surface area (Å²) in [5.41, 5.74) is -0.427.